The van der Waals surface area contributed by atoms with Crippen LogP contribution in [-0.4, -0.2) is 50.9 Å². The molecule has 1 aliphatic rings. The van der Waals surface area contributed by atoms with Gasteiger partial charge in [-0.1, -0.05) is 68.8 Å². The molecule has 5 heteroatoms. The summed E-state index contributed by atoms with van der Waals surface area (Å²) in [5, 5.41) is 0. The lowest BCUT2D eigenvalue weighted by molar-refractivity contribution is -0.154. The van der Waals surface area contributed by atoms with Crippen molar-refractivity contribution in [2.45, 2.75) is 71.4 Å². The Balaban J connectivity index is 1.45. The maximum Gasteiger partial charge on any atom is 0.335 e. The zero-order valence-electron chi connectivity index (χ0n) is 24.9. The van der Waals surface area contributed by atoms with E-state index in [2.05, 4.69) is 62.2 Å². The highest BCUT2D eigenvalue weighted by Crippen LogP contribution is 2.37. The molecule has 0 aromatic heterocycles. The molecule has 0 spiro atoms. The maximum absolute atomic E-state index is 12.1. The molecule has 0 bridgehead atoms. The highest BCUT2D eigenvalue weighted by atomic mass is 16.6. The van der Waals surface area contributed by atoms with Crippen LogP contribution in [0.5, 0.6) is 5.75 Å². The van der Waals surface area contributed by atoms with Crippen molar-refractivity contribution in [3.63, 3.8) is 0 Å². The monoisotopic (exact) mass is 543 g/mol. The molecular weight excluding hydrogens is 498 g/mol. The van der Waals surface area contributed by atoms with Crippen molar-refractivity contribution < 1.29 is 19.0 Å². The van der Waals surface area contributed by atoms with E-state index in [1.807, 2.05) is 24.3 Å². The third-order valence-corrected chi connectivity index (χ3v) is 7.95. The van der Waals surface area contributed by atoms with E-state index in [0.29, 0.717) is 19.6 Å². The van der Waals surface area contributed by atoms with E-state index in [4.69, 9.17) is 14.2 Å². The summed E-state index contributed by atoms with van der Waals surface area (Å²) in [4.78, 5) is 14.5. The van der Waals surface area contributed by atoms with E-state index in [9.17, 15) is 4.79 Å². The molecule has 0 amide bonds. The van der Waals surface area contributed by atoms with Gasteiger partial charge in [-0.25, -0.2) is 4.79 Å². The summed E-state index contributed by atoms with van der Waals surface area (Å²) < 4.78 is 16.6. The number of hydrogen-bond acceptors (Lipinski definition) is 5. The summed E-state index contributed by atoms with van der Waals surface area (Å²) in [6.45, 7) is 8.00. The lowest BCUT2D eigenvalue weighted by Crippen LogP contribution is -2.30. The topological polar surface area (TPSA) is 48.0 Å². The summed E-state index contributed by atoms with van der Waals surface area (Å²) in [7, 11) is 3.75. The third-order valence-electron chi connectivity index (χ3n) is 7.95. The molecule has 0 saturated heterocycles. The van der Waals surface area contributed by atoms with Crippen LogP contribution in [0.25, 0.3) is 0 Å². The van der Waals surface area contributed by atoms with Crippen molar-refractivity contribution in [1.29, 1.82) is 0 Å². The molecular formula is C35H45NO4. The molecule has 2 unspecified atom stereocenters. The second-order valence-corrected chi connectivity index (χ2v) is 10.7. The van der Waals surface area contributed by atoms with Crippen LogP contribution in [0.1, 0.15) is 72.2 Å². The molecule has 4 rings (SSSR count). The van der Waals surface area contributed by atoms with Crippen LogP contribution in [-0.2, 0) is 46.4 Å². The Labute approximate surface area is 240 Å². The first-order valence-corrected chi connectivity index (χ1v) is 14.8. The Bertz CT molecular complexity index is 1250. The van der Waals surface area contributed by atoms with Crippen molar-refractivity contribution in [3.05, 3.63) is 99.6 Å². The molecule has 0 heterocycles. The fraction of sp³-hybridized carbons (Fsp3) is 0.457. The van der Waals surface area contributed by atoms with Crippen LogP contribution in [0.4, 0.5) is 0 Å². The average molecular weight is 544 g/mol. The molecule has 3 aromatic rings. The molecule has 0 fully saturated rings. The van der Waals surface area contributed by atoms with Gasteiger partial charge in [0, 0.05) is 20.1 Å². The molecule has 0 aliphatic heterocycles. The summed E-state index contributed by atoms with van der Waals surface area (Å²) in [6, 6.07) is 22.3. The Morgan fingerprint density at radius 3 is 2.12 bits per heavy atom. The van der Waals surface area contributed by atoms with Gasteiger partial charge in [-0.3, -0.25) is 4.90 Å². The molecule has 3 aromatic carbocycles. The van der Waals surface area contributed by atoms with Crippen LogP contribution in [0.2, 0.25) is 0 Å². The first kappa shape index (κ1) is 29.8. The van der Waals surface area contributed by atoms with E-state index in [-0.39, 0.29) is 12.0 Å². The van der Waals surface area contributed by atoms with Gasteiger partial charge in [0.2, 0.25) is 0 Å². The first-order chi connectivity index (χ1) is 19.5. The number of methoxy groups -OCH3 is 1. The van der Waals surface area contributed by atoms with Crippen molar-refractivity contribution in [1.82, 2.24) is 4.90 Å². The van der Waals surface area contributed by atoms with Gasteiger partial charge in [0.25, 0.3) is 0 Å². The van der Waals surface area contributed by atoms with E-state index in [1.54, 1.807) is 6.92 Å². The van der Waals surface area contributed by atoms with E-state index >= 15 is 0 Å². The van der Waals surface area contributed by atoms with Gasteiger partial charge in [0.15, 0.2) is 6.10 Å². The zero-order valence-corrected chi connectivity index (χ0v) is 24.9. The number of hydrogen-bond donors (Lipinski definition) is 0. The largest absolute Gasteiger partial charge is 0.492 e. The standard InChI is InChI=1S/C35H45NO4/c1-6-9-26-13-19-32-29(23-26)15-14-28-22-25(7-2)12-18-31(28)34(32)36(4)20-21-40-30-16-10-27(11-17-30)24-33(38-5)35(37)39-8-3/h10-13,16-19,22-23,33-34H,6-9,14-15,20-21,24H2,1-5H3. The molecule has 5 nitrogen and oxygen atoms in total. The molecule has 0 saturated carbocycles. The SMILES string of the molecule is CCCc1ccc2c(c1)CCc1cc(CC)ccc1C2N(C)CCOc1ccc(CC(OC)C(=O)OCC)cc1. The Kier molecular flexibility index (Phi) is 10.8. The summed E-state index contributed by atoms with van der Waals surface area (Å²) in [6.07, 6.45) is 5.39. The van der Waals surface area contributed by atoms with Gasteiger partial charge in [-0.2, -0.15) is 0 Å². The second-order valence-electron chi connectivity index (χ2n) is 10.7. The van der Waals surface area contributed by atoms with Crippen LogP contribution < -0.4 is 4.74 Å². The second kappa shape index (κ2) is 14.5. The lowest BCUT2D eigenvalue weighted by Gasteiger charge is -2.31. The van der Waals surface area contributed by atoms with Crippen molar-refractivity contribution in [2.24, 2.45) is 0 Å². The smallest absolute Gasteiger partial charge is 0.335 e. The number of benzene rings is 3. The number of rotatable bonds is 13. The Hall–Kier alpha value is -3.15. The summed E-state index contributed by atoms with van der Waals surface area (Å²) in [5.74, 6) is 0.489. The molecule has 214 valence electrons. The van der Waals surface area contributed by atoms with Crippen LogP contribution in [0.15, 0.2) is 60.7 Å². The van der Waals surface area contributed by atoms with Crippen LogP contribution in [0, 0.1) is 0 Å². The molecule has 2 atom stereocenters. The van der Waals surface area contributed by atoms with Gasteiger partial charge in [0.1, 0.15) is 12.4 Å². The Morgan fingerprint density at radius 1 is 0.900 bits per heavy atom. The number of aryl methyl sites for hydroxylation is 4. The Morgan fingerprint density at radius 2 is 1.52 bits per heavy atom. The predicted molar refractivity (Wildman–Crippen MR) is 161 cm³/mol. The molecule has 40 heavy (non-hydrogen) atoms. The fourth-order valence-electron chi connectivity index (χ4n) is 5.73. The number of fused-ring (bicyclic) bond motifs is 2. The van der Waals surface area contributed by atoms with Gasteiger partial charge in [0.05, 0.1) is 12.6 Å². The number of ether oxygens (including phenoxy) is 3. The quantitative estimate of drug-likeness (QED) is 0.230. The van der Waals surface area contributed by atoms with Crippen molar-refractivity contribution in [3.8, 4) is 5.75 Å². The lowest BCUT2D eigenvalue weighted by atomic mass is 9.91. The molecule has 1 aliphatic carbocycles. The number of nitrogens with zero attached hydrogens (tertiary/aromatic N) is 1. The fourth-order valence-corrected chi connectivity index (χ4v) is 5.73. The number of carbonyl (C=O) groups excluding carboxylic acids is 1. The minimum Gasteiger partial charge on any atom is -0.492 e. The summed E-state index contributed by atoms with van der Waals surface area (Å²) in [5.41, 5.74) is 9.63. The van der Waals surface area contributed by atoms with E-state index in [1.165, 1.54) is 46.9 Å². The van der Waals surface area contributed by atoms with Crippen molar-refractivity contribution in [2.75, 3.05) is 33.9 Å². The third kappa shape index (κ3) is 7.32. The van der Waals surface area contributed by atoms with Crippen LogP contribution in [0.3, 0.4) is 0 Å². The minimum absolute atomic E-state index is 0.203. The summed E-state index contributed by atoms with van der Waals surface area (Å²) >= 11 is 0. The van der Waals surface area contributed by atoms with Crippen molar-refractivity contribution >= 4 is 5.97 Å². The van der Waals surface area contributed by atoms with Gasteiger partial charge < -0.3 is 14.2 Å². The maximum atomic E-state index is 12.1. The predicted octanol–water partition coefficient (Wildman–Crippen LogP) is 6.52. The van der Waals surface area contributed by atoms with Gasteiger partial charge in [-0.15, -0.1) is 0 Å². The zero-order chi connectivity index (χ0) is 28.5. The van der Waals surface area contributed by atoms with Gasteiger partial charge >= 0.3 is 5.97 Å². The molecule has 0 radical (unpaired) electrons. The number of esters is 1. The first-order valence-electron chi connectivity index (χ1n) is 14.8. The average Bonchev–Trinajstić information content (AvgIpc) is 3.13. The number of likely N-dealkylation sites (N-methyl/N-ethyl adjacent to an activating group) is 1. The van der Waals surface area contributed by atoms with E-state index < -0.39 is 6.10 Å². The highest BCUT2D eigenvalue weighted by Gasteiger charge is 2.27. The van der Waals surface area contributed by atoms with Gasteiger partial charge in [-0.05, 0) is 90.7 Å². The van der Waals surface area contributed by atoms with E-state index in [0.717, 1.165) is 43.5 Å². The normalized spacial score (nSPS) is 15.2. The highest BCUT2D eigenvalue weighted by molar-refractivity contribution is 5.75. The molecule has 0 N–H and O–H groups in total. The minimum atomic E-state index is -0.600. The van der Waals surface area contributed by atoms with Crippen LogP contribution >= 0.6 is 0 Å². The number of carbonyl (C=O) groups is 1.